The molecule has 1 aliphatic carbocycles. The first-order valence-electron chi connectivity index (χ1n) is 7.51. The Balaban J connectivity index is 2.92. The van der Waals surface area contributed by atoms with E-state index in [9.17, 15) is 18.4 Å². The molecule has 0 spiro atoms. The lowest BCUT2D eigenvalue weighted by Gasteiger charge is -2.36. The number of Topliss-reactive ketones (excluding diaryl/α,β-unsaturated/α-hetero) is 1. The molecule has 1 amide bonds. The van der Waals surface area contributed by atoms with Crippen molar-refractivity contribution in [2.45, 2.75) is 70.8 Å². The van der Waals surface area contributed by atoms with Gasteiger partial charge in [0.1, 0.15) is 0 Å². The Labute approximate surface area is 129 Å². The van der Waals surface area contributed by atoms with E-state index in [0.717, 1.165) is 12.8 Å². The van der Waals surface area contributed by atoms with Crippen molar-refractivity contribution in [3.8, 4) is 0 Å². The molecule has 1 rings (SSSR count). The van der Waals surface area contributed by atoms with Gasteiger partial charge in [0.15, 0.2) is 5.78 Å². The molecule has 126 valence electrons. The molecule has 5 nitrogen and oxygen atoms in total. The van der Waals surface area contributed by atoms with Gasteiger partial charge in [-0.05, 0) is 37.8 Å². The molecular formula is C15H24F2N2O3. The summed E-state index contributed by atoms with van der Waals surface area (Å²) in [6.07, 6.45) is -0.398. The number of hydrogen-bond acceptors (Lipinski definition) is 4. The van der Waals surface area contributed by atoms with Gasteiger partial charge in [-0.1, -0.05) is 13.8 Å². The van der Waals surface area contributed by atoms with E-state index in [1.807, 2.05) is 13.8 Å². The molecule has 0 aromatic heterocycles. The predicted molar refractivity (Wildman–Crippen MR) is 78.5 cm³/mol. The minimum absolute atomic E-state index is 0.0370. The number of carbonyl (C=O) groups excluding carboxylic acids is 2. The third kappa shape index (κ3) is 4.84. The van der Waals surface area contributed by atoms with Crippen LogP contribution in [0.15, 0.2) is 11.6 Å². The van der Waals surface area contributed by atoms with Gasteiger partial charge in [-0.25, -0.2) is 0 Å². The molecular weight excluding hydrogens is 294 g/mol. The molecule has 0 saturated carbocycles. The van der Waals surface area contributed by atoms with Crippen molar-refractivity contribution in [1.29, 1.82) is 0 Å². The lowest BCUT2D eigenvalue weighted by molar-refractivity contribution is -0.133. The summed E-state index contributed by atoms with van der Waals surface area (Å²) < 4.78 is 30.7. The quantitative estimate of drug-likeness (QED) is 0.746. The molecule has 0 bridgehead atoms. The third-order valence-electron chi connectivity index (χ3n) is 3.89. The molecule has 0 unspecified atom stereocenters. The van der Waals surface area contributed by atoms with Gasteiger partial charge in [0.2, 0.25) is 0 Å². The topological polar surface area (TPSA) is 81.4 Å². The van der Waals surface area contributed by atoms with E-state index in [2.05, 4.69) is 5.32 Å². The molecule has 0 aromatic rings. The van der Waals surface area contributed by atoms with Crippen LogP contribution in [0.25, 0.3) is 0 Å². The third-order valence-corrected chi connectivity index (χ3v) is 3.89. The Bertz CT molecular complexity index is 437. The fourth-order valence-electron chi connectivity index (χ4n) is 2.47. The summed E-state index contributed by atoms with van der Waals surface area (Å²) in [6, 6.07) is -1.42. The summed E-state index contributed by atoms with van der Waals surface area (Å²) in [5.41, 5.74) is 6.49. The molecule has 0 fully saturated rings. The number of halogens is 2. The zero-order valence-corrected chi connectivity index (χ0v) is 13.1. The van der Waals surface area contributed by atoms with Gasteiger partial charge >= 0.3 is 6.43 Å². The second-order valence-corrected chi connectivity index (χ2v) is 5.48. The number of ketones is 1. The monoisotopic (exact) mass is 318 g/mol. The van der Waals surface area contributed by atoms with Crippen LogP contribution in [0.4, 0.5) is 8.78 Å². The fourth-order valence-corrected chi connectivity index (χ4v) is 2.47. The van der Waals surface area contributed by atoms with E-state index in [4.69, 9.17) is 10.5 Å². The van der Waals surface area contributed by atoms with Crippen LogP contribution < -0.4 is 11.1 Å². The van der Waals surface area contributed by atoms with Crippen molar-refractivity contribution < 1.29 is 23.1 Å². The van der Waals surface area contributed by atoms with Crippen molar-refractivity contribution in [3.63, 3.8) is 0 Å². The van der Waals surface area contributed by atoms with Crippen LogP contribution in [-0.2, 0) is 14.3 Å². The minimum atomic E-state index is -3.11. The van der Waals surface area contributed by atoms with E-state index in [0.29, 0.717) is 5.57 Å². The number of ether oxygens (including phenoxy) is 1. The molecule has 0 aliphatic heterocycles. The summed E-state index contributed by atoms with van der Waals surface area (Å²) in [4.78, 5) is 22.8. The van der Waals surface area contributed by atoms with Crippen molar-refractivity contribution >= 4 is 11.7 Å². The second-order valence-electron chi connectivity index (χ2n) is 5.48. The van der Waals surface area contributed by atoms with Gasteiger partial charge in [-0.3, -0.25) is 9.59 Å². The number of rotatable bonds is 7. The molecule has 7 heteroatoms. The predicted octanol–water partition coefficient (Wildman–Crippen LogP) is 1.56. The first kappa shape index (κ1) is 18.7. The van der Waals surface area contributed by atoms with Crippen molar-refractivity contribution in [2.24, 2.45) is 5.73 Å². The van der Waals surface area contributed by atoms with Gasteiger partial charge < -0.3 is 15.8 Å². The molecule has 3 atom stereocenters. The Hall–Kier alpha value is -1.34. The minimum Gasteiger partial charge on any atom is -0.369 e. The standard InChI is InChI=1S/C15H24F2N2O3/c1-4-10(5-2)22-12-7-9(8(3)20)6-11(13(12)18)19-15(21)14(16)17/h7,10-14H,4-6,18H2,1-3H3,(H,19,21)/t11-,12+,13+/m0/s1. The molecule has 0 heterocycles. The molecule has 0 saturated heterocycles. The Morgan fingerprint density at radius 1 is 1.41 bits per heavy atom. The lowest BCUT2D eigenvalue weighted by Crippen LogP contribution is -2.57. The van der Waals surface area contributed by atoms with Crippen LogP contribution in [0.5, 0.6) is 0 Å². The SMILES string of the molecule is CCC(CC)O[C@@H]1C=C(C(C)=O)C[C@H](NC(=O)C(F)F)[C@H]1N. The number of carbonyl (C=O) groups is 2. The number of amides is 1. The van der Waals surface area contributed by atoms with Crippen LogP contribution in [0.3, 0.4) is 0 Å². The van der Waals surface area contributed by atoms with Gasteiger partial charge in [-0.2, -0.15) is 8.78 Å². The maximum absolute atomic E-state index is 12.4. The lowest BCUT2D eigenvalue weighted by atomic mass is 9.86. The van der Waals surface area contributed by atoms with Crippen LogP contribution in [-0.4, -0.2) is 42.4 Å². The molecule has 1 aliphatic rings. The van der Waals surface area contributed by atoms with Gasteiger partial charge in [-0.15, -0.1) is 0 Å². The van der Waals surface area contributed by atoms with Crippen LogP contribution in [0.2, 0.25) is 0 Å². The Morgan fingerprint density at radius 3 is 2.45 bits per heavy atom. The number of alkyl halides is 2. The van der Waals surface area contributed by atoms with E-state index in [1.54, 1.807) is 6.08 Å². The van der Waals surface area contributed by atoms with E-state index in [-0.39, 0.29) is 18.3 Å². The van der Waals surface area contributed by atoms with Gasteiger partial charge in [0, 0.05) is 0 Å². The average molecular weight is 318 g/mol. The molecule has 3 N–H and O–H groups in total. The van der Waals surface area contributed by atoms with Crippen molar-refractivity contribution in [1.82, 2.24) is 5.32 Å². The van der Waals surface area contributed by atoms with E-state index < -0.39 is 30.5 Å². The summed E-state index contributed by atoms with van der Waals surface area (Å²) >= 11 is 0. The summed E-state index contributed by atoms with van der Waals surface area (Å²) in [5.74, 6) is -1.56. The first-order valence-corrected chi connectivity index (χ1v) is 7.51. The molecule has 22 heavy (non-hydrogen) atoms. The zero-order chi connectivity index (χ0) is 16.9. The maximum atomic E-state index is 12.4. The Morgan fingerprint density at radius 2 is 2.00 bits per heavy atom. The van der Waals surface area contributed by atoms with Crippen LogP contribution in [0.1, 0.15) is 40.0 Å². The van der Waals surface area contributed by atoms with Gasteiger partial charge in [0.05, 0.1) is 24.3 Å². The first-order chi connectivity index (χ1) is 10.3. The number of nitrogens with one attached hydrogen (secondary N) is 1. The normalized spacial score (nSPS) is 25.3. The zero-order valence-electron chi connectivity index (χ0n) is 13.1. The second kappa shape index (κ2) is 8.33. The average Bonchev–Trinajstić information content (AvgIpc) is 2.47. The smallest absolute Gasteiger partial charge is 0.315 e. The van der Waals surface area contributed by atoms with Crippen molar-refractivity contribution in [3.05, 3.63) is 11.6 Å². The van der Waals surface area contributed by atoms with Crippen molar-refractivity contribution in [2.75, 3.05) is 0 Å². The highest BCUT2D eigenvalue weighted by Crippen LogP contribution is 2.23. The summed E-state index contributed by atoms with van der Waals surface area (Å²) in [6.45, 7) is 5.32. The highest BCUT2D eigenvalue weighted by Gasteiger charge is 2.35. The van der Waals surface area contributed by atoms with Crippen LogP contribution >= 0.6 is 0 Å². The van der Waals surface area contributed by atoms with Crippen LogP contribution in [0, 0.1) is 0 Å². The Kier molecular flexibility index (Phi) is 7.09. The number of nitrogens with two attached hydrogens (primary N) is 1. The molecule has 0 aromatic carbocycles. The highest BCUT2D eigenvalue weighted by atomic mass is 19.3. The highest BCUT2D eigenvalue weighted by molar-refractivity contribution is 5.93. The van der Waals surface area contributed by atoms with E-state index in [1.165, 1.54) is 6.92 Å². The van der Waals surface area contributed by atoms with Gasteiger partial charge in [0.25, 0.3) is 5.91 Å². The van der Waals surface area contributed by atoms with E-state index >= 15 is 0 Å². The largest absolute Gasteiger partial charge is 0.369 e. The maximum Gasteiger partial charge on any atom is 0.315 e. The fraction of sp³-hybridized carbons (Fsp3) is 0.733. The molecule has 0 radical (unpaired) electrons. The summed E-state index contributed by atoms with van der Waals surface area (Å²) in [7, 11) is 0. The summed E-state index contributed by atoms with van der Waals surface area (Å²) in [5, 5.41) is 2.21. The number of hydrogen-bond donors (Lipinski definition) is 2.